The molecule has 3 heteroatoms. The van der Waals surface area contributed by atoms with Gasteiger partial charge in [-0.25, -0.2) is 0 Å². The number of carbonyl (C=O) groups excluding carboxylic acids is 1. The van der Waals surface area contributed by atoms with Crippen molar-refractivity contribution in [2.24, 2.45) is 0 Å². The van der Waals surface area contributed by atoms with Gasteiger partial charge in [-0.05, 0) is 54.0 Å². The van der Waals surface area contributed by atoms with Crippen molar-refractivity contribution in [1.82, 2.24) is 5.32 Å². The van der Waals surface area contributed by atoms with Crippen molar-refractivity contribution in [3.63, 3.8) is 0 Å². The Morgan fingerprint density at radius 3 is 2.11 bits per heavy atom. The number of aryl methyl sites for hydroxylation is 1. The third-order valence-electron chi connectivity index (χ3n) is 4.99. The lowest BCUT2D eigenvalue weighted by atomic mass is 9.87. The molecule has 2 N–H and O–H groups in total. The van der Waals surface area contributed by atoms with Gasteiger partial charge in [0, 0.05) is 12.1 Å². The van der Waals surface area contributed by atoms with Crippen LogP contribution in [-0.2, 0) is 12.8 Å². The van der Waals surface area contributed by atoms with E-state index in [1.165, 1.54) is 16.7 Å². The van der Waals surface area contributed by atoms with Crippen molar-refractivity contribution < 1.29 is 9.90 Å². The lowest BCUT2D eigenvalue weighted by Gasteiger charge is -2.18. The van der Waals surface area contributed by atoms with Gasteiger partial charge in [0.1, 0.15) is 0 Å². The van der Waals surface area contributed by atoms with Gasteiger partial charge < -0.3 is 10.4 Å². The summed E-state index contributed by atoms with van der Waals surface area (Å²) >= 11 is 0. The van der Waals surface area contributed by atoms with Gasteiger partial charge in [-0.2, -0.15) is 0 Å². The van der Waals surface area contributed by atoms with Crippen LogP contribution in [0.1, 0.15) is 39.4 Å². The molecule has 28 heavy (non-hydrogen) atoms. The molecule has 0 radical (unpaired) electrons. The maximum atomic E-state index is 12.0. The van der Waals surface area contributed by atoms with Crippen LogP contribution in [0.3, 0.4) is 0 Å². The highest BCUT2D eigenvalue weighted by molar-refractivity contribution is 5.94. The van der Waals surface area contributed by atoms with Gasteiger partial charge in [0.25, 0.3) is 5.91 Å². The third kappa shape index (κ3) is 5.80. The fourth-order valence-corrected chi connectivity index (χ4v) is 3.45. The lowest BCUT2D eigenvalue weighted by Crippen LogP contribution is -2.26. The Hall–Kier alpha value is -2.91. The molecule has 3 nitrogen and oxygen atoms in total. The number of aliphatic hydroxyl groups excluding tert-OH is 1. The third-order valence-corrected chi connectivity index (χ3v) is 4.99. The zero-order valence-electron chi connectivity index (χ0n) is 16.1. The number of amides is 1. The molecule has 0 saturated carbocycles. The van der Waals surface area contributed by atoms with Gasteiger partial charge in [-0.1, -0.05) is 72.8 Å². The molecule has 144 valence electrons. The number of nitrogens with one attached hydrogen (secondary N) is 1. The summed E-state index contributed by atoms with van der Waals surface area (Å²) in [6, 6.07) is 29.0. The number of hydrogen-bond donors (Lipinski definition) is 2. The number of aliphatic hydroxyl groups is 1. The Kier molecular flexibility index (Phi) is 7.39. The first-order valence-electron chi connectivity index (χ1n) is 9.83. The van der Waals surface area contributed by atoms with Crippen molar-refractivity contribution >= 4 is 5.91 Å². The van der Waals surface area contributed by atoms with Crippen molar-refractivity contribution in [3.8, 4) is 0 Å². The van der Waals surface area contributed by atoms with E-state index in [1.807, 2.05) is 24.3 Å². The van der Waals surface area contributed by atoms with Gasteiger partial charge >= 0.3 is 0 Å². The molecule has 3 aromatic carbocycles. The zero-order chi connectivity index (χ0) is 19.6. The number of hydrogen-bond acceptors (Lipinski definition) is 2. The average Bonchev–Trinajstić information content (AvgIpc) is 2.76. The molecule has 0 spiro atoms. The molecule has 0 aromatic heterocycles. The van der Waals surface area contributed by atoms with E-state index in [0.29, 0.717) is 11.5 Å². The minimum atomic E-state index is -0.149. The molecule has 0 aliphatic rings. The van der Waals surface area contributed by atoms with Gasteiger partial charge in [-0.3, -0.25) is 4.79 Å². The molecule has 1 atom stereocenters. The van der Waals surface area contributed by atoms with E-state index in [-0.39, 0.29) is 19.1 Å². The van der Waals surface area contributed by atoms with Gasteiger partial charge in [0.05, 0.1) is 6.61 Å². The molecule has 0 bridgehead atoms. The molecule has 1 amide bonds. The molecule has 0 saturated heterocycles. The van der Waals surface area contributed by atoms with E-state index in [9.17, 15) is 4.79 Å². The number of rotatable bonds is 9. The predicted octanol–water partition coefficient (Wildman–Crippen LogP) is 4.37. The quantitative estimate of drug-likeness (QED) is 0.585. The highest BCUT2D eigenvalue weighted by Crippen LogP contribution is 2.26. The van der Waals surface area contributed by atoms with Crippen molar-refractivity contribution in [3.05, 3.63) is 107 Å². The smallest absolute Gasteiger partial charge is 0.251 e. The summed E-state index contributed by atoms with van der Waals surface area (Å²) in [5, 5.41) is 11.5. The van der Waals surface area contributed by atoms with Gasteiger partial charge in [0.15, 0.2) is 0 Å². The molecule has 0 fully saturated rings. The normalized spacial score (nSPS) is 11.8. The van der Waals surface area contributed by atoms with Crippen LogP contribution in [0.5, 0.6) is 0 Å². The standard InChI is InChI=1S/C25H27NO2/c27-18-17-26-25(28)23-14-12-21(13-15-23)19-24(22-9-5-2-6-10-22)16-11-20-7-3-1-4-8-20/h1-10,12-15,24,27H,11,16-19H2,(H,26,28). The SMILES string of the molecule is O=C(NCCO)c1ccc(CC(CCc2ccccc2)c2ccccc2)cc1. The minimum Gasteiger partial charge on any atom is -0.395 e. The second-order valence-electron chi connectivity index (χ2n) is 7.01. The molecule has 3 aromatic rings. The zero-order valence-corrected chi connectivity index (χ0v) is 16.1. The molecule has 0 heterocycles. The Balaban J connectivity index is 1.69. The summed E-state index contributed by atoms with van der Waals surface area (Å²) in [5.74, 6) is 0.278. The lowest BCUT2D eigenvalue weighted by molar-refractivity contribution is 0.0945. The average molecular weight is 373 g/mol. The number of benzene rings is 3. The van der Waals surface area contributed by atoms with Crippen molar-refractivity contribution in [2.45, 2.75) is 25.2 Å². The molecule has 3 rings (SSSR count). The van der Waals surface area contributed by atoms with E-state index in [2.05, 4.69) is 66.0 Å². The molecule has 0 aliphatic heterocycles. The maximum Gasteiger partial charge on any atom is 0.251 e. The van der Waals surface area contributed by atoms with Gasteiger partial charge in [0.2, 0.25) is 0 Å². The van der Waals surface area contributed by atoms with Crippen LogP contribution in [-0.4, -0.2) is 24.2 Å². The second kappa shape index (κ2) is 10.4. The fraction of sp³-hybridized carbons (Fsp3) is 0.240. The molecular weight excluding hydrogens is 346 g/mol. The predicted molar refractivity (Wildman–Crippen MR) is 114 cm³/mol. The van der Waals surface area contributed by atoms with E-state index < -0.39 is 0 Å². The van der Waals surface area contributed by atoms with E-state index >= 15 is 0 Å². The van der Waals surface area contributed by atoms with Crippen LogP contribution in [0, 0.1) is 0 Å². The highest BCUT2D eigenvalue weighted by atomic mass is 16.3. The topological polar surface area (TPSA) is 49.3 Å². The van der Waals surface area contributed by atoms with Crippen molar-refractivity contribution in [1.29, 1.82) is 0 Å². The Morgan fingerprint density at radius 1 is 0.821 bits per heavy atom. The Labute approximate surface area is 167 Å². The summed E-state index contributed by atoms with van der Waals surface area (Å²) in [6.45, 7) is 0.222. The van der Waals surface area contributed by atoms with E-state index in [0.717, 1.165) is 19.3 Å². The second-order valence-corrected chi connectivity index (χ2v) is 7.01. The number of carbonyl (C=O) groups is 1. The first-order valence-corrected chi connectivity index (χ1v) is 9.83. The summed E-state index contributed by atoms with van der Waals surface area (Å²) in [5.41, 5.74) is 4.56. The summed E-state index contributed by atoms with van der Waals surface area (Å²) in [4.78, 5) is 12.0. The first kappa shape index (κ1) is 19.8. The van der Waals surface area contributed by atoms with Crippen LogP contribution < -0.4 is 5.32 Å². The van der Waals surface area contributed by atoms with Gasteiger partial charge in [-0.15, -0.1) is 0 Å². The Morgan fingerprint density at radius 2 is 1.46 bits per heavy atom. The van der Waals surface area contributed by atoms with Crippen LogP contribution in [0.4, 0.5) is 0 Å². The Bertz CT molecular complexity index is 845. The van der Waals surface area contributed by atoms with Crippen LogP contribution in [0.15, 0.2) is 84.9 Å². The summed E-state index contributed by atoms with van der Waals surface area (Å²) in [7, 11) is 0. The minimum absolute atomic E-state index is 0.0516. The maximum absolute atomic E-state index is 12.0. The largest absolute Gasteiger partial charge is 0.395 e. The summed E-state index contributed by atoms with van der Waals surface area (Å²) in [6.07, 6.45) is 3.06. The molecule has 1 unspecified atom stereocenters. The fourth-order valence-electron chi connectivity index (χ4n) is 3.45. The monoisotopic (exact) mass is 373 g/mol. The van der Waals surface area contributed by atoms with Crippen molar-refractivity contribution in [2.75, 3.05) is 13.2 Å². The molecule has 0 aliphatic carbocycles. The highest BCUT2D eigenvalue weighted by Gasteiger charge is 2.13. The van der Waals surface area contributed by atoms with Crippen LogP contribution in [0.25, 0.3) is 0 Å². The van der Waals surface area contributed by atoms with Crippen LogP contribution in [0.2, 0.25) is 0 Å². The van der Waals surface area contributed by atoms with E-state index in [4.69, 9.17) is 5.11 Å². The van der Waals surface area contributed by atoms with Crippen LogP contribution >= 0.6 is 0 Å². The molecular formula is C25H27NO2. The first-order chi connectivity index (χ1) is 13.8. The van der Waals surface area contributed by atoms with E-state index in [1.54, 1.807) is 0 Å². The summed E-state index contributed by atoms with van der Waals surface area (Å²) < 4.78 is 0.